The lowest BCUT2D eigenvalue weighted by atomic mass is 9.80. The highest BCUT2D eigenvalue weighted by molar-refractivity contribution is 5.56. The van der Waals surface area contributed by atoms with Crippen LogP contribution in [0, 0.1) is 37.9 Å². The second-order valence-corrected chi connectivity index (χ2v) is 9.71. The second kappa shape index (κ2) is 11.5. The normalized spacial score (nSPS) is 13.9. The molecule has 0 spiro atoms. The van der Waals surface area contributed by atoms with Crippen molar-refractivity contribution in [3.8, 4) is 0 Å². The summed E-state index contributed by atoms with van der Waals surface area (Å²) in [5.41, 5.74) is -1.41. The van der Waals surface area contributed by atoms with Crippen LogP contribution in [0.25, 0.3) is 0 Å². The summed E-state index contributed by atoms with van der Waals surface area (Å²) in [6.45, 7) is 17.7. The Morgan fingerprint density at radius 1 is 1.00 bits per heavy atom. The molecule has 0 aliphatic rings. The Labute approximate surface area is 184 Å². The SMILES string of the molecule is CC(C)(C)OC(C)(C)CCO.CC(C)C(C)C(C)c1c([N+](=O)[O-])cc(F)cc1[N+](=O)[O-]. The quantitative estimate of drug-likeness (QED) is 0.388. The zero-order valence-electron chi connectivity index (χ0n) is 20.1. The molecule has 2 atom stereocenters. The minimum Gasteiger partial charge on any atom is -0.396 e. The molecule has 2 unspecified atom stereocenters. The largest absolute Gasteiger partial charge is 0.396 e. The average molecular weight is 445 g/mol. The van der Waals surface area contributed by atoms with Crippen LogP contribution in [0.1, 0.15) is 80.2 Å². The van der Waals surface area contributed by atoms with E-state index < -0.39 is 33.0 Å². The molecule has 1 N–H and O–H groups in total. The Hall–Kier alpha value is -2.13. The van der Waals surface area contributed by atoms with E-state index in [1.165, 1.54) is 0 Å². The number of ether oxygens (including phenoxy) is 1. The van der Waals surface area contributed by atoms with Gasteiger partial charge in [0.2, 0.25) is 0 Å². The number of hydrogen-bond acceptors (Lipinski definition) is 6. The number of nitrogens with zero attached hydrogens (tertiary/aromatic N) is 2. The van der Waals surface area contributed by atoms with Gasteiger partial charge in [0, 0.05) is 6.61 Å². The van der Waals surface area contributed by atoms with Gasteiger partial charge >= 0.3 is 0 Å². The molecular weight excluding hydrogens is 407 g/mol. The highest BCUT2D eigenvalue weighted by Crippen LogP contribution is 2.41. The molecule has 1 aromatic carbocycles. The van der Waals surface area contributed by atoms with Crippen molar-refractivity contribution < 1.29 is 24.1 Å². The highest BCUT2D eigenvalue weighted by Gasteiger charge is 2.34. The van der Waals surface area contributed by atoms with E-state index in [0.29, 0.717) is 6.42 Å². The molecule has 0 saturated carbocycles. The van der Waals surface area contributed by atoms with Gasteiger partial charge in [-0.1, -0.05) is 27.7 Å². The molecule has 1 aromatic rings. The number of rotatable bonds is 8. The number of nitro benzene ring substituents is 2. The Kier molecular flexibility index (Phi) is 10.7. The molecule has 0 fully saturated rings. The van der Waals surface area contributed by atoms with Gasteiger partial charge in [0.25, 0.3) is 11.4 Å². The van der Waals surface area contributed by atoms with Crippen LogP contribution in [0.4, 0.5) is 15.8 Å². The van der Waals surface area contributed by atoms with Crippen molar-refractivity contribution in [2.24, 2.45) is 11.8 Å². The summed E-state index contributed by atoms with van der Waals surface area (Å²) < 4.78 is 19.0. The predicted octanol–water partition coefficient (Wildman–Crippen LogP) is 6.00. The van der Waals surface area contributed by atoms with Gasteiger partial charge in [-0.3, -0.25) is 20.2 Å². The average Bonchev–Trinajstić information content (AvgIpc) is 2.57. The molecule has 0 bridgehead atoms. The lowest BCUT2D eigenvalue weighted by Gasteiger charge is -2.33. The third-order valence-electron chi connectivity index (χ3n) is 5.09. The molecule has 0 aliphatic heterocycles. The molecule has 0 aliphatic carbocycles. The number of hydrogen-bond donors (Lipinski definition) is 1. The van der Waals surface area contributed by atoms with E-state index in [1.54, 1.807) is 6.92 Å². The monoisotopic (exact) mass is 444 g/mol. The first-order valence-corrected chi connectivity index (χ1v) is 10.4. The Morgan fingerprint density at radius 2 is 1.42 bits per heavy atom. The molecule has 8 nitrogen and oxygen atoms in total. The molecule has 0 saturated heterocycles. The van der Waals surface area contributed by atoms with E-state index in [-0.39, 0.29) is 35.2 Å². The van der Waals surface area contributed by atoms with E-state index in [1.807, 2.05) is 55.4 Å². The minimum atomic E-state index is -0.975. The maximum atomic E-state index is 13.3. The van der Waals surface area contributed by atoms with Crippen molar-refractivity contribution in [3.05, 3.63) is 43.7 Å². The third-order valence-corrected chi connectivity index (χ3v) is 5.09. The highest BCUT2D eigenvalue weighted by atomic mass is 19.1. The summed E-state index contributed by atoms with van der Waals surface area (Å²) >= 11 is 0. The molecule has 0 radical (unpaired) electrons. The van der Waals surface area contributed by atoms with Crippen LogP contribution in [-0.4, -0.2) is 32.8 Å². The summed E-state index contributed by atoms with van der Waals surface area (Å²) in [5, 5.41) is 30.8. The molecule has 9 heteroatoms. The molecule has 1 rings (SSSR count). The lowest BCUT2D eigenvalue weighted by Crippen LogP contribution is -2.35. The van der Waals surface area contributed by atoms with Gasteiger partial charge in [0.1, 0.15) is 11.4 Å². The molecule has 178 valence electrons. The fourth-order valence-corrected chi connectivity index (χ4v) is 3.35. The fourth-order valence-electron chi connectivity index (χ4n) is 3.35. The third kappa shape index (κ3) is 9.69. The second-order valence-electron chi connectivity index (χ2n) is 9.71. The fraction of sp³-hybridized carbons (Fsp3) is 0.727. The topological polar surface area (TPSA) is 116 Å². The van der Waals surface area contributed by atoms with E-state index in [2.05, 4.69) is 0 Å². The first-order valence-electron chi connectivity index (χ1n) is 10.4. The Bertz CT molecular complexity index is 724. The van der Waals surface area contributed by atoms with E-state index >= 15 is 0 Å². The standard InChI is InChI=1S/C13H17FN2O4.C9H20O2/c1-7(2)8(3)9(4)13-11(15(17)18)5-10(14)6-12(13)16(19)20;1-8(2,3)11-9(4,5)6-7-10/h5-9H,1-4H3;10H,6-7H2,1-5H3. The van der Waals surface area contributed by atoms with E-state index in [4.69, 9.17) is 9.84 Å². The number of aliphatic hydroxyl groups is 1. The Balaban J connectivity index is 0.000000695. The summed E-state index contributed by atoms with van der Waals surface area (Å²) in [5.74, 6) is -1.22. The zero-order valence-corrected chi connectivity index (χ0v) is 20.1. The predicted molar refractivity (Wildman–Crippen MR) is 119 cm³/mol. The summed E-state index contributed by atoms with van der Waals surface area (Å²) in [7, 11) is 0. The van der Waals surface area contributed by atoms with Gasteiger partial charge in [-0.2, -0.15) is 0 Å². The van der Waals surface area contributed by atoms with Crippen molar-refractivity contribution in [3.63, 3.8) is 0 Å². The van der Waals surface area contributed by atoms with Crippen molar-refractivity contribution in [1.29, 1.82) is 0 Å². The van der Waals surface area contributed by atoms with Crippen LogP contribution < -0.4 is 0 Å². The van der Waals surface area contributed by atoms with E-state index in [0.717, 1.165) is 12.1 Å². The molecule has 0 amide bonds. The minimum absolute atomic E-state index is 0.0115. The molecule has 0 aromatic heterocycles. The summed E-state index contributed by atoms with van der Waals surface area (Å²) in [6.07, 6.45) is 0.685. The van der Waals surface area contributed by atoms with Crippen LogP contribution >= 0.6 is 0 Å². The van der Waals surface area contributed by atoms with Gasteiger partial charge in [-0.05, 0) is 58.8 Å². The number of halogens is 1. The lowest BCUT2D eigenvalue weighted by molar-refractivity contribution is -0.396. The maximum Gasteiger partial charge on any atom is 0.282 e. The summed E-state index contributed by atoms with van der Waals surface area (Å²) in [6, 6.07) is 1.48. The van der Waals surface area contributed by atoms with Crippen molar-refractivity contribution in [1.82, 2.24) is 0 Å². The summed E-state index contributed by atoms with van der Waals surface area (Å²) in [4.78, 5) is 20.6. The van der Waals surface area contributed by atoms with Crippen molar-refractivity contribution in [2.45, 2.75) is 85.9 Å². The molecular formula is C22H37FN2O6. The van der Waals surface area contributed by atoms with E-state index in [9.17, 15) is 24.6 Å². The van der Waals surface area contributed by atoms with Gasteiger partial charge in [-0.25, -0.2) is 4.39 Å². The smallest absolute Gasteiger partial charge is 0.282 e. The van der Waals surface area contributed by atoms with Gasteiger partial charge in [0.05, 0.1) is 33.2 Å². The van der Waals surface area contributed by atoms with Crippen LogP contribution in [-0.2, 0) is 4.74 Å². The van der Waals surface area contributed by atoms with Gasteiger partial charge < -0.3 is 9.84 Å². The van der Waals surface area contributed by atoms with Gasteiger partial charge in [0.15, 0.2) is 0 Å². The first-order chi connectivity index (χ1) is 13.9. The van der Waals surface area contributed by atoms with Crippen LogP contribution in [0.3, 0.4) is 0 Å². The maximum absolute atomic E-state index is 13.3. The van der Waals surface area contributed by atoms with Crippen LogP contribution in [0.5, 0.6) is 0 Å². The van der Waals surface area contributed by atoms with Crippen LogP contribution in [0.15, 0.2) is 12.1 Å². The van der Waals surface area contributed by atoms with Crippen molar-refractivity contribution >= 4 is 11.4 Å². The van der Waals surface area contributed by atoms with Crippen molar-refractivity contribution in [2.75, 3.05) is 6.61 Å². The number of aliphatic hydroxyl groups excluding tert-OH is 1. The number of nitro groups is 2. The number of benzene rings is 1. The Morgan fingerprint density at radius 3 is 1.71 bits per heavy atom. The van der Waals surface area contributed by atoms with Gasteiger partial charge in [-0.15, -0.1) is 0 Å². The molecule has 0 heterocycles. The molecule has 31 heavy (non-hydrogen) atoms. The zero-order chi connectivity index (χ0) is 24.7. The first kappa shape index (κ1) is 28.9. The van der Waals surface area contributed by atoms with Crippen LogP contribution in [0.2, 0.25) is 0 Å².